The first-order valence-electron chi connectivity index (χ1n) is 10.7. The van der Waals surface area contributed by atoms with Crippen LogP contribution in [-0.4, -0.2) is 45.6 Å². The van der Waals surface area contributed by atoms with Crippen molar-refractivity contribution in [2.24, 2.45) is 0 Å². The maximum absolute atomic E-state index is 13.4. The summed E-state index contributed by atoms with van der Waals surface area (Å²) in [4.78, 5) is 42.7. The zero-order chi connectivity index (χ0) is 22.2. The second-order valence-electron chi connectivity index (χ2n) is 8.19. The Bertz CT molecular complexity index is 1240. The average molecular weight is 431 g/mol. The number of nitrogens with zero attached hydrogens (tertiary/aromatic N) is 2. The molecule has 0 unspecified atom stereocenters. The third-order valence-corrected chi connectivity index (χ3v) is 6.18. The van der Waals surface area contributed by atoms with Crippen LogP contribution >= 0.6 is 0 Å². The molecular weight excluding hydrogens is 409 g/mol. The predicted molar refractivity (Wildman–Crippen MR) is 118 cm³/mol. The minimum Gasteiger partial charge on any atom is -0.360 e. The molecule has 3 amide bonds. The fourth-order valence-electron chi connectivity index (χ4n) is 4.38. The number of rotatable bonds is 4. The Morgan fingerprint density at radius 3 is 2.44 bits per heavy atom. The van der Waals surface area contributed by atoms with E-state index in [0.29, 0.717) is 25.1 Å². The molecule has 5 rings (SSSR count). The molecule has 32 heavy (non-hydrogen) atoms. The third kappa shape index (κ3) is 3.70. The number of hydrogen-bond donors (Lipinski definition) is 1. The Labute approximate surface area is 184 Å². The van der Waals surface area contributed by atoms with Gasteiger partial charge in [-0.15, -0.1) is 0 Å². The van der Waals surface area contributed by atoms with E-state index < -0.39 is 0 Å². The Kier molecular flexibility index (Phi) is 5.09. The summed E-state index contributed by atoms with van der Waals surface area (Å²) in [6.07, 6.45) is 5.20. The van der Waals surface area contributed by atoms with Crippen LogP contribution in [0.2, 0.25) is 0 Å². The van der Waals surface area contributed by atoms with Crippen molar-refractivity contribution in [1.29, 1.82) is 0 Å². The molecule has 1 saturated heterocycles. The standard InChI is InChI=1S/C25H22FN3O3/c26-19-5-6-20-21(14-27-22(20)13-19)17-9-11-28(12-10-17)25(32)18-3-1-16(2-4-18)15-29-23(30)7-8-24(29)31/h1-6,9,13-14,27H,7-8,10-12,15H2. The highest BCUT2D eigenvalue weighted by Gasteiger charge is 2.28. The summed E-state index contributed by atoms with van der Waals surface area (Å²) >= 11 is 0. The average Bonchev–Trinajstić information content (AvgIpc) is 3.37. The largest absolute Gasteiger partial charge is 0.360 e. The fraction of sp³-hybridized carbons (Fsp3) is 0.240. The molecule has 0 bridgehead atoms. The normalized spacial score (nSPS) is 16.7. The summed E-state index contributed by atoms with van der Waals surface area (Å²) in [5.41, 5.74) is 4.34. The zero-order valence-electron chi connectivity index (χ0n) is 17.4. The van der Waals surface area contributed by atoms with Crippen molar-refractivity contribution < 1.29 is 18.8 Å². The molecule has 2 aliphatic rings. The molecular formula is C25H22FN3O3. The lowest BCUT2D eigenvalue weighted by Gasteiger charge is -2.26. The molecule has 0 radical (unpaired) electrons. The van der Waals surface area contributed by atoms with E-state index in [1.165, 1.54) is 17.0 Å². The highest BCUT2D eigenvalue weighted by atomic mass is 19.1. The van der Waals surface area contributed by atoms with Gasteiger partial charge < -0.3 is 9.88 Å². The lowest BCUT2D eigenvalue weighted by atomic mass is 9.98. The summed E-state index contributed by atoms with van der Waals surface area (Å²) in [6.45, 7) is 1.34. The van der Waals surface area contributed by atoms with Crippen molar-refractivity contribution in [3.63, 3.8) is 0 Å². The van der Waals surface area contributed by atoms with E-state index >= 15 is 0 Å². The van der Waals surface area contributed by atoms with Gasteiger partial charge in [0.15, 0.2) is 0 Å². The number of H-pyrrole nitrogens is 1. The smallest absolute Gasteiger partial charge is 0.254 e. The van der Waals surface area contributed by atoms with Gasteiger partial charge in [-0.1, -0.05) is 18.2 Å². The van der Waals surface area contributed by atoms with Crippen LogP contribution in [0.3, 0.4) is 0 Å². The number of carbonyl (C=O) groups excluding carboxylic acids is 3. The van der Waals surface area contributed by atoms with Crippen molar-refractivity contribution in [2.75, 3.05) is 13.1 Å². The van der Waals surface area contributed by atoms with Gasteiger partial charge in [-0.2, -0.15) is 0 Å². The number of aromatic amines is 1. The van der Waals surface area contributed by atoms with Gasteiger partial charge in [0, 0.05) is 54.2 Å². The zero-order valence-corrected chi connectivity index (χ0v) is 17.4. The Hall–Kier alpha value is -3.74. The lowest BCUT2D eigenvalue weighted by Crippen LogP contribution is -2.34. The maximum Gasteiger partial charge on any atom is 0.254 e. The summed E-state index contributed by atoms with van der Waals surface area (Å²) in [5, 5.41) is 0.975. The van der Waals surface area contributed by atoms with E-state index in [9.17, 15) is 18.8 Å². The number of nitrogens with one attached hydrogen (secondary N) is 1. The maximum atomic E-state index is 13.4. The molecule has 162 valence electrons. The van der Waals surface area contributed by atoms with Gasteiger partial charge in [0.25, 0.3) is 5.91 Å². The molecule has 0 spiro atoms. The summed E-state index contributed by atoms with van der Waals surface area (Å²) < 4.78 is 13.4. The number of aromatic nitrogens is 1. The van der Waals surface area contributed by atoms with Crippen LogP contribution < -0.4 is 0 Å². The summed E-state index contributed by atoms with van der Waals surface area (Å²) in [5.74, 6) is -0.621. The number of halogens is 1. The molecule has 1 fully saturated rings. The van der Waals surface area contributed by atoms with Crippen molar-refractivity contribution in [2.45, 2.75) is 25.8 Å². The van der Waals surface area contributed by atoms with Crippen LogP contribution in [0.5, 0.6) is 0 Å². The van der Waals surface area contributed by atoms with E-state index in [2.05, 4.69) is 4.98 Å². The number of imide groups is 1. The molecule has 2 aliphatic heterocycles. The van der Waals surface area contributed by atoms with Crippen LogP contribution in [0.25, 0.3) is 16.5 Å². The molecule has 3 heterocycles. The van der Waals surface area contributed by atoms with Crippen LogP contribution in [0.1, 0.15) is 40.7 Å². The molecule has 0 atom stereocenters. The molecule has 1 N–H and O–H groups in total. The van der Waals surface area contributed by atoms with E-state index in [4.69, 9.17) is 0 Å². The quantitative estimate of drug-likeness (QED) is 0.637. The van der Waals surface area contributed by atoms with E-state index in [0.717, 1.165) is 27.6 Å². The Morgan fingerprint density at radius 1 is 1.00 bits per heavy atom. The molecule has 7 heteroatoms. The van der Waals surface area contributed by atoms with E-state index in [1.807, 2.05) is 12.3 Å². The lowest BCUT2D eigenvalue weighted by molar-refractivity contribution is -0.139. The first kappa shape index (κ1) is 20.2. The van der Waals surface area contributed by atoms with Gasteiger partial charge in [0.05, 0.1) is 6.54 Å². The van der Waals surface area contributed by atoms with Gasteiger partial charge in [-0.3, -0.25) is 19.3 Å². The molecule has 3 aromatic rings. The second-order valence-corrected chi connectivity index (χ2v) is 8.19. The highest BCUT2D eigenvalue weighted by Crippen LogP contribution is 2.30. The monoisotopic (exact) mass is 431 g/mol. The third-order valence-electron chi connectivity index (χ3n) is 6.18. The molecule has 6 nitrogen and oxygen atoms in total. The number of likely N-dealkylation sites (tertiary alicyclic amines) is 1. The number of carbonyl (C=O) groups is 3. The number of hydrogen-bond acceptors (Lipinski definition) is 3. The Morgan fingerprint density at radius 2 is 1.75 bits per heavy atom. The van der Waals surface area contributed by atoms with Crippen LogP contribution in [0.4, 0.5) is 4.39 Å². The van der Waals surface area contributed by atoms with Crippen LogP contribution in [-0.2, 0) is 16.1 Å². The topological polar surface area (TPSA) is 73.5 Å². The van der Waals surface area contributed by atoms with Gasteiger partial charge in [-0.05, 0) is 47.9 Å². The SMILES string of the molecule is O=C(c1ccc(CN2C(=O)CCC2=O)cc1)N1CC=C(c2c[nH]c3cc(F)ccc23)CC1. The number of benzene rings is 2. The minimum atomic E-state index is -0.273. The van der Waals surface area contributed by atoms with Gasteiger partial charge in [-0.25, -0.2) is 4.39 Å². The van der Waals surface area contributed by atoms with Crippen LogP contribution in [0, 0.1) is 5.82 Å². The van der Waals surface area contributed by atoms with Gasteiger partial charge >= 0.3 is 0 Å². The van der Waals surface area contributed by atoms with Gasteiger partial charge in [0.2, 0.25) is 11.8 Å². The van der Waals surface area contributed by atoms with E-state index in [-0.39, 0.29) is 42.9 Å². The van der Waals surface area contributed by atoms with Gasteiger partial charge in [0.1, 0.15) is 5.82 Å². The minimum absolute atomic E-state index is 0.0545. The first-order valence-corrected chi connectivity index (χ1v) is 10.7. The van der Waals surface area contributed by atoms with Crippen molar-refractivity contribution in [3.8, 4) is 0 Å². The Balaban J connectivity index is 1.26. The van der Waals surface area contributed by atoms with Crippen LogP contribution in [0.15, 0.2) is 54.7 Å². The first-order chi connectivity index (χ1) is 15.5. The molecule has 1 aromatic heterocycles. The molecule has 0 aliphatic carbocycles. The van der Waals surface area contributed by atoms with Crippen molar-refractivity contribution in [3.05, 3.63) is 77.2 Å². The van der Waals surface area contributed by atoms with Crippen molar-refractivity contribution in [1.82, 2.24) is 14.8 Å². The second kappa shape index (κ2) is 8.07. The number of fused-ring (bicyclic) bond motifs is 1. The van der Waals surface area contributed by atoms with E-state index in [1.54, 1.807) is 35.2 Å². The predicted octanol–water partition coefficient (Wildman–Crippen LogP) is 3.89. The molecule has 2 aromatic carbocycles. The van der Waals surface area contributed by atoms with Crippen molar-refractivity contribution >= 4 is 34.2 Å². The number of amides is 3. The molecule has 0 saturated carbocycles. The fourth-order valence-corrected chi connectivity index (χ4v) is 4.38. The highest BCUT2D eigenvalue weighted by molar-refractivity contribution is 6.02. The summed E-state index contributed by atoms with van der Waals surface area (Å²) in [6, 6.07) is 11.8. The summed E-state index contributed by atoms with van der Waals surface area (Å²) in [7, 11) is 0.